The van der Waals surface area contributed by atoms with Crippen molar-refractivity contribution in [3.05, 3.63) is 48.0 Å². The lowest BCUT2D eigenvalue weighted by Crippen LogP contribution is -2.40. The Balaban J connectivity index is 1.20. The standard InChI is InChI=1S/C27H33N5O2/c1-30-27(17-31-7-3-2-4-8-31)26(14-29-30)19-5-6-20-13-28-22(10-21(20)9-19)11-24(33)15-32-16-25-12-23(32)18-34-25/h5-6,9-10,13-14,23,25H,2-4,7-8,11-12,15-18H2,1H3/t23-,25-/m0/s1. The number of hydrogen-bond acceptors (Lipinski definition) is 6. The number of pyridine rings is 1. The quantitative estimate of drug-likeness (QED) is 0.541. The van der Waals surface area contributed by atoms with Gasteiger partial charge in [-0.05, 0) is 55.4 Å². The highest BCUT2D eigenvalue weighted by Gasteiger charge is 2.39. The highest BCUT2D eigenvalue weighted by Crippen LogP contribution is 2.29. The smallest absolute Gasteiger partial charge is 0.152 e. The molecule has 34 heavy (non-hydrogen) atoms. The van der Waals surface area contributed by atoms with E-state index in [9.17, 15) is 4.79 Å². The van der Waals surface area contributed by atoms with Gasteiger partial charge in [-0.1, -0.05) is 18.6 Å². The molecule has 0 N–H and O–H groups in total. The predicted octanol–water partition coefficient (Wildman–Crippen LogP) is 3.21. The van der Waals surface area contributed by atoms with E-state index in [4.69, 9.17) is 4.74 Å². The second-order valence-electron chi connectivity index (χ2n) is 10.2. The van der Waals surface area contributed by atoms with Crippen LogP contribution in [0.15, 0.2) is 36.7 Å². The van der Waals surface area contributed by atoms with Crippen LogP contribution < -0.4 is 0 Å². The van der Waals surface area contributed by atoms with Crippen LogP contribution in [-0.2, 0) is 29.5 Å². The molecule has 0 amide bonds. The molecule has 7 heteroatoms. The van der Waals surface area contributed by atoms with Crippen molar-refractivity contribution < 1.29 is 9.53 Å². The van der Waals surface area contributed by atoms with Crippen molar-refractivity contribution in [1.82, 2.24) is 24.6 Å². The first kappa shape index (κ1) is 21.9. The molecular formula is C27H33N5O2. The van der Waals surface area contributed by atoms with Gasteiger partial charge in [-0.25, -0.2) is 0 Å². The number of carbonyl (C=O) groups is 1. The number of aryl methyl sites for hydroxylation is 1. The summed E-state index contributed by atoms with van der Waals surface area (Å²) >= 11 is 0. The Bertz CT molecular complexity index is 1200. The van der Waals surface area contributed by atoms with E-state index in [1.165, 1.54) is 36.1 Å². The van der Waals surface area contributed by atoms with Gasteiger partial charge in [-0.2, -0.15) is 5.10 Å². The highest BCUT2D eigenvalue weighted by molar-refractivity contribution is 5.89. The monoisotopic (exact) mass is 459 g/mol. The molecule has 6 rings (SSSR count). The molecule has 3 fully saturated rings. The number of nitrogens with zero attached hydrogens (tertiary/aromatic N) is 5. The normalized spacial score (nSPS) is 23.2. The van der Waals surface area contributed by atoms with Crippen LogP contribution in [0.4, 0.5) is 0 Å². The number of likely N-dealkylation sites (tertiary alicyclic amines) is 2. The summed E-state index contributed by atoms with van der Waals surface area (Å²) in [5, 5.41) is 6.79. The number of carbonyl (C=O) groups excluding carboxylic acids is 1. The van der Waals surface area contributed by atoms with E-state index in [-0.39, 0.29) is 5.78 Å². The molecule has 1 aromatic carbocycles. The number of fused-ring (bicyclic) bond motifs is 3. The first-order valence-corrected chi connectivity index (χ1v) is 12.6. The SMILES string of the molecule is Cn1ncc(-c2ccc3cnc(CC(=O)CN4C[C@@H]5C[C@H]4CO5)cc3c2)c1CN1CCCCC1. The Hall–Kier alpha value is -2.61. The summed E-state index contributed by atoms with van der Waals surface area (Å²) in [5.41, 5.74) is 4.46. The molecule has 0 spiro atoms. The summed E-state index contributed by atoms with van der Waals surface area (Å²) in [6, 6.07) is 9.01. The average Bonchev–Trinajstić information content (AvgIpc) is 3.56. The van der Waals surface area contributed by atoms with E-state index in [1.54, 1.807) is 0 Å². The first-order valence-electron chi connectivity index (χ1n) is 12.6. The Labute approximate surface area is 200 Å². The molecule has 5 heterocycles. The van der Waals surface area contributed by atoms with Gasteiger partial charge in [0.1, 0.15) is 0 Å². The van der Waals surface area contributed by atoms with Crippen molar-refractivity contribution in [2.24, 2.45) is 7.05 Å². The zero-order valence-corrected chi connectivity index (χ0v) is 19.9. The first-order chi connectivity index (χ1) is 16.6. The molecule has 3 aromatic rings. The lowest BCUT2D eigenvalue weighted by molar-refractivity contribution is -0.120. The van der Waals surface area contributed by atoms with Crippen LogP contribution in [0.25, 0.3) is 21.9 Å². The summed E-state index contributed by atoms with van der Waals surface area (Å²) in [5.74, 6) is 0.228. The second kappa shape index (κ2) is 9.21. The summed E-state index contributed by atoms with van der Waals surface area (Å²) in [6.07, 6.45) is 9.55. The van der Waals surface area contributed by atoms with Gasteiger partial charge in [-0.3, -0.25) is 24.3 Å². The maximum absolute atomic E-state index is 12.8. The number of ether oxygens (including phenoxy) is 1. The predicted molar refractivity (Wildman–Crippen MR) is 132 cm³/mol. The van der Waals surface area contributed by atoms with Gasteiger partial charge >= 0.3 is 0 Å². The Morgan fingerprint density at radius 2 is 2.00 bits per heavy atom. The number of aromatic nitrogens is 3. The number of morpholine rings is 1. The molecule has 2 bridgehead atoms. The summed E-state index contributed by atoms with van der Waals surface area (Å²) < 4.78 is 7.67. The van der Waals surface area contributed by atoms with Crippen molar-refractivity contribution in [1.29, 1.82) is 0 Å². The highest BCUT2D eigenvalue weighted by atomic mass is 16.5. The van der Waals surface area contributed by atoms with E-state index in [0.29, 0.717) is 25.1 Å². The van der Waals surface area contributed by atoms with Gasteiger partial charge in [0.15, 0.2) is 5.78 Å². The largest absolute Gasteiger partial charge is 0.375 e. The van der Waals surface area contributed by atoms with Crippen molar-refractivity contribution in [3.8, 4) is 11.1 Å². The Morgan fingerprint density at radius 1 is 1.12 bits per heavy atom. The summed E-state index contributed by atoms with van der Waals surface area (Å²) in [7, 11) is 2.04. The van der Waals surface area contributed by atoms with Crippen molar-refractivity contribution in [3.63, 3.8) is 0 Å². The molecule has 7 nitrogen and oxygen atoms in total. The topological polar surface area (TPSA) is 63.5 Å². The van der Waals surface area contributed by atoms with Gasteiger partial charge in [0, 0.05) is 49.0 Å². The molecular weight excluding hydrogens is 426 g/mol. The molecule has 3 saturated heterocycles. The van der Waals surface area contributed by atoms with Crippen molar-refractivity contribution >= 4 is 16.6 Å². The maximum atomic E-state index is 12.8. The fourth-order valence-electron chi connectivity index (χ4n) is 5.83. The zero-order chi connectivity index (χ0) is 23.1. The van der Waals surface area contributed by atoms with Crippen molar-refractivity contribution in [2.75, 3.05) is 32.8 Å². The third-order valence-corrected chi connectivity index (χ3v) is 7.74. The van der Waals surface area contributed by atoms with Crippen LogP contribution in [-0.4, -0.2) is 75.3 Å². The minimum absolute atomic E-state index is 0.228. The fourth-order valence-corrected chi connectivity index (χ4v) is 5.83. The van der Waals surface area contributed by atoms with E-state index in [2.05, 4.69) is 44.1 Å². The molecule has 0 radical (unpaired) electrons. The van der Waals surface area contributed by atoms with Gasteiger partial charge in [0.25, 0.3) is 0 Å². The third-order valence-electron chi connectivity index (χ3n) is 7.74. The number of ketones is 1. The zero-order valence-electron chi connectivity index (χ0n) is 19.9. The summed E-state index contributed by atoms with van der Waals surface area (Å²) in [6.45, 7) is 5.41. The van der Waals surface area contributed by atoms with E-state index < -0.39 is 0 Å². The molecule has 178 valence electrons. The van der Waals surface area contributed by atoms with Gasteiger partial charge in [-0.15, -0.1) is 0 Å². The van der Waals surface area contributed by atoms with E-state index in [0.717, 1.165) is 55.7 Å². The number of piperidine rings is 1. The van der Waals surface area contributed by atoms with Crippen LogP contribution in [0.3, 0.4) is 0 Å². The van der Waals surface area contributed by atoms with Gasteiger partial charge in [0.05, 0.1) is 37.6 Å². The molecule has 2 aromatic heterocycles. The van der Waals surface area contributed by atoms with Gasteiger partial charge in [0.2, 0.25) is 0 Å². The van der Waals surface area contributed by atoms with Gasteiger partial charge < -0.3 is 4.74 Å². The second-order valence-corrected chi connectivity index (χ2v) is 10.2. The number of Topliss-reactive ketones (excluding diaryl/α,β-unsaturated/α-hetero) is 1. The maximum Gasteiger partial charge on any atom is 0.152 e. The summed E-state index contributed by atoms with van der Waals surface area (Å²) in [4.78, 5) is 22.2. The Morgan fingerprint density at radius 3 is 2.79 bits per heavy atom. The average molecular weight is 460 g/mol. The minimum atomic E-state index is 0.228. The molecule has 3 aliphatic rings. The molecule has 0 unspecified atom stereocenters. The van der Waals surface area contributed by atoms with Crippen LogP contribution >= 0.6 is 0 Å². The van der Waals surface area contributed by atoms with Crippen LogP contribution in [0.2, 0.25) is 0 Å². The van der Waals surface area contributed by atoms with Crippen LogP contribution in [0, 0.1) is 0 Å². The fraction of sp³-hybridized carbons (Fsp3) is 0.519. The number of hydrogen-bond donors (Lipinski definition) is 0. The van der Waals surface area contributed by atoms with Crippen LogP contribution in [0.5, 0.6) is 0 Å². The lowest BCUT2D eigenvalue weighted by atomic mass is 10.0. The number of rotatable bonds is 7. The molecule has 2 atom stereocenters. The molecule has 0 aliphatic carbocycles. The molecule has 0 saturated carbocycles. The van der Waals surface area contributed by atoms with Crippen molar-refractivity contribution in [2.45, 2.75) is 50.8 Å². The molecule has 3 aliphatic heterocycles. The lowest BCUT2D eigenvalue weighted by Gasteiger charge is -2.26. The van der Waals surface area contributed by atoms with E-state index in [1.807, 2.05) is 24.1 Å². The van der Waals surface area contributed by atoms with Crippen LogP contribution in [0.1, 0.15) is 37.1 Å². The minimum Gasteiger partial charge on any atom is -0.375 e. The van der Waals surface area contributed by atoms with E-state index >= 15 is 0 Å². The Kier molecular flexibility index (Phi) is 5.93. The number of benzene rings is 1. The third kappa shape index (κ3) is 4.40.